The Morgan fingerprint density at radius 3 is 2.29 bits per heavy atom. The molecule has 35 heavy (non-hydrogen) atoms. The average molecular weight is 489 g/mol. The Labute approximate surface area is 207 Å². The van der Waals surface area contributed by atoms with E-state index in [0.717, 1.165) is 64.8 Å². The third-order valence-electron chi connectivity index (χ3n) is 8.26. The Balaban J connectivity index is 1.28. The average Bonchev–Trinajstić information content (AvgIpc) is 3.51. The Kier molecular flexibility index (Phi) is 7.29. The SMILES string of the molecule is CC(C)c1nnc(C2CC3(CCN(C(=O)N4CCOCC4)CC3)CN2CC(=O)N2CCCCC2)o1. The zero-order valence-corrected chi connectivity index (χ0v) is 21.3. The van der Waals surface area contributed by atoms with Crippen molar-refractivity contribution in [3.63, 3.8) is 0 Å². The van der Waals surface area contributed by atoms with E-state index in [4.69, 9.17) is 9.15 Å². The smallest absolute Gasteiger partial charge is 0.320 e. The van der Waals surface area contributed by atoms with Crippen LogP contribution in [0.25, 0.3) is 0 Å². The lowest BCUT2D eigenvalue weighted by Gasteiger charge is -2.41. The minimum Gasteiger partial charge on any atom is -0.423 e. The van der Waals surface area contributed by atoms with E-state index in [2.05, 4.69) is 15.1 Å². The summed E-state index contributed by atoms with van der Waals surface area (Å²) in [4.78, 5) is 34.4. The minimum absolute atomic E-state index is 0.0507. The summed E-state index contributed by atoms with van der Waals surface area (Å²) in [6, 6.07) is 0.0820. The van der Waals surface area contributed by atoms with Crippen LogP contribution in [0.1, 0.15) is 76.1 Å². The molecule has 0 aliphatic carbocycles. The third kappa shape index (κ3) is 5.33. The van der Waals surface area contributed by atoms with E-state index in [-0.39, 0.29) is 29.3 Å². The second-order valence-electron chi connectivity index (χ2n) is 11.1. The summed E-state index contributed by atoms with van der Waals surface area (Å²) in [7, 11) is 0. The van der Waals surface area contributed by atoms with Crippen LogP contribution in [0, 0.1) is 5.41 Å². The molecule has 4 fully saturated rings. The molecule has 1 spiro atoms. The number of aromatic nitrogens is 2. The quantitative estimate of drug-likeness (QED) is 0.643. The monoisotopic (exact) mass is 488 g/mol. The van der Waals surface area contributed by atoms with E-state index >= 15 is 0 Å². The first-order valence-corrected chi connectivity index (χ1v) is 13.4. The van der Waals surface area contributed by atoms with Gasteiger partial charge in [-0.05, 0) is 43.9 Å². The van der Waals surface area contributed by atoms with Gasteiger partial charge < -0.3 is 23.9 Å². The molecule has 1 atom stereocenters. The van der Waals surface area contributed by atoms with E-state index in [1.807, 2.05) is 28.5 Å². The van der Waals surface area contributed by atoms with Gasteiger partial charge in [0.1, 0.15) is 0 Å². The number of likely N-dealkylation sites (tertiary alicyclic amines) is 3. The van der Waals surface area contributed by atoms with Crippen LogP contribution >= 0.6 is 0 Å². The Morgan fingerprint density at radius 2 is 1.63 bits per heavy atom. The number of carbonyl (C=O) groups is 2. The lowest BCUT2D eigenvalue weighted by atomic mass is 9.76. The first-order chi connectivity index (χ1) is 16.9. The molecule has 0 aromatic carbocycles. The van der Waals surface area contributed by atoms with Crippen molar-refractivity contribution in [2.24, 2.45) is 5.41 Å². The number of nitrogens with zero attached hydrogens (tertiary/aromatic N) is 6. The number of piperidine rings is 2. The highest BCUT2D eigenvalue weighted by molar-refractivity contribution is 5.78. The summed E-state index contributed by atoms with van der Waals surface area (Å²) < 4.78 is 11.5. The van der Waals surface area contributed by atoms with Gasteiger partial charge in [0.05, 0.1) is 25.8 Å². The molecule has 4 aliphatic heterocycles. The van der Waals surface area contributed by atoms with Crippen molar-refractivity contribution in [2.75, 3.05) is 65.6 Å². The number of amides is 3. The summed E-state index contributed by atoms with van der Waals surface area (Å²) >= 11 is 0. The molecule has 1 aromatic rings. The van der Waals surface area contributed by atoms with Crippen molar-refractivity contribution >= 4 is 11.9 Å². The van der Waals surface area contributed by atoms with Crippen LogP contribution in [-0.4, -0.2) is 107 Å². The third-order valence-corrected chi connectivity index (χ3v) is 8.26. The molecule has 5 rings (SSSR count). The van der Waals surface area contributed by atoms with Crippen LogP contribution in [0.15, 0.2) is 4.42 Å². The summed E-state index contributed by atoms with van der Waals surface area (Å²) in [5.74, 6) is 1.65. The molecule has 1 aromatic heterocycles. The molecule has 5 heterocycles. The van der Waals surface area contributed by atoms with Gasteiger partial charge in [0, 0.05) is 51.7 Å². The number of hydrogen-bond acceptors (Lipinski definition) is 7. The molecule has 194 valence electrons. The van der Waals surface area contributed by atoms with Crippen molar-refractivity contribution in [3.8, 4) is 0 Å². The van der Waals surface area contributed by atoms with Crippen LogP contribution in [0.2, 0.25) is 0 Å². The van der Waals surface area contributed by atoms with E-state index < -0.39 is 0 Å². The van der Waals surface area contributed by atoms with Gasteiger partial charge in [-0.3, -0.25) is 9.69 Å². The summed E-state index contributed by atoms with van der Waals surface area (Å²) in [5, 5.41) is 8.68. The summed E-state index contributed by atoms with van der Waals surface area (Å²) in [5.41, 5.74) is 0.0566. The molecule has 4 aliphatic rings. The topological polar surface area (TPSA) is 95.2 Å². The molecule has 0 saturated carbocycles. The lowest BCUT2D eigenvalue weighted by molar-refractivity contribution is -0.133. The maximum atomic E-state index is 13.2. The molecule has 10 nitrogen and oxygen atoms in total. The van der Waals surface area contributed by atoms with Crippen LogP contribution in [-0.2, 0) is 9.53 Å². The maximum Gasteiger partial charge on any atom is 0.320 e. The van der Waals surface area contributed by atoms with Gasteiger partial charge in [-0.15, -0.1) is 10.2 Å². The van der Waals surface area contributed by atoms with Gasteiger partial charge in [0.2, 0.25) is 17.7 Å². The van der Waals surface area contributed by atoms with Crippen molar-refractivity contribution in [1.29, 1.82) is 0 Å². The van der Waals surface area contributed by atoms with Crippen molar-refractivity contribution < 1.29 is 18.7 Å². The standard InChI is InChI=1S/C25H40N6O4/c1-19(2)22-26-27-23(35-22)20-16-25(18-31(20)17-21(32)28-8-4-3-5-9-28)6-10-29(11-7-25)24(33)30-12-14-34-15-13-30/h19-20H,3-18H2,1-2H3. The molecule has 3 amide bonds. The normalized spacial score (nSPS) is 25.6. The van der Waals surface area contributed by atoms with Crippen LogP contribution in [0.3, 0.4) is 0 Å². The molecule has 0 radical (unpaired) electrons. The van der Waals surface area contributed by atoms with Crippen LogP contribution in [0.4, 0.5) is 4.79 Å². The number of rotatable bonds is 4. The van der Waals surface area contributed by atoms with Crippen LogP contribution < -0.4 is 0 Å². The number of ether oxygens (including phenoxy) is 1. The van der Waals surface area contributed by atoms with E-state index in [1.54, 1.807) is 0 Å². The van der Waals surface area contributed by atoms with Gasteiger partial charge in [-0.25, -0.2) is 4.79 Å². The zero-order valence-electron chi connectivity index (χ0n) is 21.3. The zero-order chi connectivity index (χ0) is 24.4. The highest BCUT2D eigenvalue weighted by Gasteiger charge is 2.49. The van der Waals surface area contributed by atoms with E-state index in [9.17, 15) is 9.59 Å². The van der Waals surface area contributed by atoms with Crippen molar-refractivity contribution in [3.05, 3.63) is 11.8 Å². The lowest BCUT2D eigenvalue weighted by Crippen LogP contribution is -2.52. The summed E-state index contributed by atoms with van der Waals surface area (Å²) in [6.07, 6.45) is 6.14. The first-order valence-electron chi connectivity index (χ1n) is 13.4. The number of carbonyl (C=O) groups excluding carboxylic acids is 2. The van der Waals surface area contributed by atoms with Gasteiger partial charge in [0.15, 0.2) is 0 Å². The van der Waals surface area contributed by atoms with E-state index in [0.29, 0.717) is 44.6 Å². The molecular weight excluding hydrogens is 448 g/mol. The highest BCUT2D eigenvalue weighted by atomic mass is 16.5. The molecule has 1 unspecified atom stereocenters. The number of urea groups is 1. The Hall–Kier alpha value is -2.20. The predicted molar refractivity (Wildman–Crippen MR) is 129 cm³/mol. The fourth-order valence-corrected chi connectivity index (χ4v) is 6.08. The fourth-order valence-electron chi connectivity index (χ4n) is 6.08. The highest BCUT2D eigenvalue weighted by Crippen LogP contribution is 2.49. The van der Waals surface area contributed by atoms with E-state index in [1.165, 1.54) is 6.42 Å². The molecule has 0 bridgehead atoms. The summed E-state index contributed by atoms with van der Waals surface area (Å²) in [6.45, 7) is 11.1. The molecule has 0 N–H and O–H groups in total. The molecule has 4 saturated heterocycles. The minimum atomic E-state index is -0.0507. The Bertz CT molecular complexity index is 884. The van der Waals surface area contributed by atoms with Gasteiger partial charge in [0.25, 0.3) is 0 Å². The predicted octanol–water partition coefficient (Wildman–Crippen LogP) is 2.49. The molecule has 10 heteroatoms. The van der Waals surface area contributed by atoms with Gasteiger partial charge in [-0.1, -0.05) is 13.8 Å². The second-order valence-corrected chi connectivity index (χ2v) is 11.1. The fraction of sp³-hybridized carbons (Fsp3) is 0.840. The van der Waals surface area contributed by atoms with Gasteiger partial charge >= 0.3 is 6.03 Å². The maximum absolute atomic E-state index is 13.2. The largest absolute Gasteiger partial charge is 0.423 e. The van der Waals surface area contributed by atoms with Crippen molar-refractivity contribution in [2.45, 2.75) is 64.3 Å². The number of hydrogen-bond donors (Lipinski definition) is 0. The van der Waals surface area contributed by atoms with Gasteiger partial charge in [-0.2, -0.15) is 0 Å². The van der Waals surface area contributed by atoms with Crippen molar-refractivity contribution in [1.82, 2.24) is 29.8 Å². The van der Waals surface area contributed by atoms with Crippen LogP contribution in [0.5, 0.6) is 0 Å². The Morgan fingerprint density at radius 1 is 0.943 bits per heavy atom. The molecular formula is C25H40N6O4. The second kappa shape index (κ2) is 10.4. The number of morpholine rings is 1. The first kappa shape index (κ1) is 24.5.